The van der Waals surface area contributed by atoms with Crippen molar-refractivity contribution in [2.24, 2.45) is 5.41 Å². The first-order valence-corrected chi connectivity index (χ1v) is 8.05. The van der Waals surface area contributed by atoms with Crippen molar-refractivity contribution in [3.63, 3.8) is 0 Å². The molecule has 0 radical (unpaired) electrons. The number of methoxy groups -OCH3 is 1. The summed E-state index contributed by atoms with van der Waals surface area (Å²) in [5, 5.41) is 0. The van der Waals surface area contributed by atoms with Crippen LogP contribution in [0.5, 0.6) is 0 Å². The Kier molecular flexibility index (Phi) is 3.51. The summed E-state index contributed by atoms with van der Waals surface area (Å²) in [4.78, 5) is 29.2. The molecule has 0 N–H and O–H groups in total. The van der Waals surface area contributed by atoms with Crippen molar-refractivity contribution in [1.29, 1.82) is 0 Å². The number of nitrogens with zero attached hydrogens (tertiary/aromatic N) is 2. The molecule has 0 spiro atoms. The van der Waals surface area contributed by atoms with Crippen LogP contribution in [0.2, 0.25) is 0 Å². The number of piperidine rings is 1. The third-order valence-electron chi connectivity index (χ3n) is 5.85. The Morgan fingerprint density at radius 3 is 2.52 bits per heavy atom. The van der Waals surface area contributed by atoms with Crippen LogP contribution in [0.3, 0.4) is 0 Å². The second-order valence-electron chi connectivity index (χ2n) is 7.26. The Morgan fingerprint density at radius 1 is 1.19 bits per heavy atom. The van der Waals surface area contributed by atoms with Crippen molar-refractivity contribution in [3.05, 3.63) is 0 Å². The highest BCUT2D eigenvalue weighted by atomic mass is 16.5. The first kappa shape index (κ1) is 14.8. The van der Waals surface area contributed by atoms with Crippen LogP contribution in [0.1, 0.15) is 46.5 Å². The number of hydrogen-bond donors (Lipinski definition) is 0. The van der Waals surface area contributed by atoms with Crippen LogP contribution in [0.25, 0.3) is 0 Å². The summed E-state index contributed by atoms with van der Waals surface area (Å²) in [7, 11) is 1.72. The molecule has 3 rings (SSSR count). The monoisotopic (exact) mass is 294 g/mol. The molecule has 2 heterocycles. The number of fused-ring (bicyclic) bond motifs is 1. The van der Waals surface area contributed by atoms with Gasteiger partial charge in [0.25, 0.3) is 0 Å². The minimum absolute atomic E-state index is 0.0875. The van der Waals surface area contributed by atoms with Gasteiger partial charge in [-0.05, 0) is 32.6 Å². The molecule has 2 aliphatic heterocycles. The zero-order valence-corrected chi connectivity index (χ0v) is 13.5. The van der Waals surface area contributed by atoms with E-state index in [1.165, 1.54) is 0 Å². The van der Waals surface area contributed by atoms with Gasteiger partial charge in [-0.15, -0.1) is 0 Å². The van der Waals surface area contributed by atoms with Gasteiger partial charge in [-0.25, -0.2) is 0 Å². The van der Waals surface area contributed by atoms with Crippen molar-refractivity contribution in [2.45, 2.75) is 70.7 Å². The molecule has 5 heteroatoms. The van der Waals surface area contributed by atoms with E-state index < -0.39 is 0 Å². The molecule has 2 saturated heterocycles. The number of piperazine rings is 1. The van der Waals surface area contributed by atoms with E-state index in [1.54, 1.807) is 7.11 Å². The topological polar surface area (TPSA) is 49.9 Å². The zero-order chi connectivity index (χ0) is 15.4. The maximum Gasteiger partial charge on any atom is 0.246 e. The lowest BCUT2D eigenvalue weighted by Crippen LogP contribution is -2.73. The van der Waals surface area contributed by atoms with E-state index in [-0.39, 0.29) is 41.5 Å². The first-order chi connectivity index (χ1) is 9.89. The van der Waals surface area contributed by atoms with Gasteiger partial charge in [0.05, 0.1) is 6.10 Å². The predicted octanol–water partition coefficient (Wildman–Crippen LogP) is 1.41. The van der Waals surface area contributed by atoms with Crippen LogP contribution >= 0.6 is 0 Å². The Morgan fingerprint density at radius 2 is 1.90 bits per heavy atom. The molecule has 3 aliphatic rings. The number of hydrogen-bond acceptors (Lipinski definition) is 3. The molecule has 0 aromatic rings. The molecule has 0 aromatic carbocycles. The molecule has 118 valence electrons. The second-order valence-corrected chi connectivity index (χ2v) is 7.26. The number of carbonyl (C=O) groups excluding carboxylic acids is 2. The molecule has 5 nitrogen and oxygen atoms in total. The molecule has 1 saturated carbocycles. The van der Waals surface area contributed by atoms with E-state index in [0.29, 0.717) is 0 Å². The number of amides is 2. The van der Waals surface area contributed by atoms with Gasteiger partial charge in [0.2, 0.25) is 11.8 Å². The lowest BCUT2D eigenvalue weighted by molar-refractivity contribution is -0.187. The van der Waals surface area contributed by atoms with Crippen LogP contribution in [-0.4, -0.2) is 59.5 Å². The molecular weight excluding hydrogens is 268 g/mol. The molecule has 4 atom stereocenters. The van der Waals surface area contributed by atoms with E-state index in [9.17, 15) is 9.59 Å². The molecule has 3 fully saturated rings. The quantitative estimate of drug-likeness (QED) is 0.774. The molecule has 4 unspecified atom stereocenters. The lowest BCUT2D eigenvalue weighted by atomic mass is 9.63. The summed E-state index contributed by atoms with van der Waals surface area (Å²) in [6.45, 7) is 6.88. The van der Waals surface area contributed by atoms with E-state index in [2.05, 4.69) is 13.8 Å². The molecular formula is C16H26N2O3. The fraction of sp³-hybridized carbons (Fsp3) is 0.875. The Bertz CT molecular complexity index is 462. The highest BCUT2D eigenvalue weighted by Crippen LogP contribution is 2.47. The SMILES string of the molecule is COC1CC(N2C(=O)C3CCCCN3C(=O)C2C)C1(C)C. The molecule has 1 aliphatic carbocycles. The highest BCUT2D eigenvalue weighted by Gasteiger charge is 2.57. The number of rotatable bonds is 2. The van der Waals surface area contributed by atoms with Gasteiger partial charge in [0.1, 0.15) is 12.1 Å². The zero-order valence-electron chi connectivity index (χ0n) is 13.5. The lowest BCUT2D eigenvalue weighted by Gasteiger charge is -2.59. The van der Waals surface area contributed by atoms with Gasteiger partial charge in [-0.1, -0.05) is 13.8 Å². The van der Waals surface area contributed by atoms with Gasteiger partial charge in [0.15, 0.2) is 0 Å². The summed E-state index contributed by atoms with van der Waals surface area (Å²) >= 11 is 0. The van der Waals surface area contributed by atoms with E-state index >= 15 is 0 Å². The smallest absolute Gasteiger partial charge is 0.246 e. The summed E-state index contributed by atoms with van der Waals surface area (Å²) in [5.74, 6) is 0.269. The third kappa shape index (κ3) is 2.00. The summed E-state index contributed by atoms with van der Waals surface area (Å²) in [5.41, 5.74) is -0.0875. The third-order valence-corrected chi connectivity index (χ3v) is 5.85. The summed E-state index contributed by atoms with van der Waals surface area (Å²) < 4.78 is 5.49. The van der Waals surface area contributed by atoms with Crippen LogP contribution in [0.15, 0.2) is 0 Å². The van der Waals surface area contributed by atoms with E-state index in [1.807, 2.05) is 16.7 Å². The van der Waals surface area contributed by atoms with Crippen LogP contribution in [-0.2, 0) is 14.3 Å². The maximum atomic E-state index is 12.9. The van der Waals surface area contributed by atoms with Crippen molar-refractivity contribution < 1.29 is 14.3 Å². The Labute approximate surface area is 126 Å². The second kappa shape index (κ2) is 4.97. The van der Waals surface area contributed by atoms with Crippen molar-refractivity contribution in [2.75, 3.05) is 13.7 Å². The minimum atomic E-state index is -0.339. The van der Waals surface area contributed by atoms with Crippen molar-refractivity contribution >= 4 is 11.8 Å². The van der Waals surface area contributed by atoms with Crippen LogP contribution in [0, 0.1) is 5.41 Å². The Hall–Kier alpha value is -1.10. The van der Waals surface area contributed by atoms with E-state index in [0.717, 1.165) is 32.2 Å². The minimum Gasteiger partial charge on any atom is -0.381 e. The molecule has 21 heavy (non-hydrogen) atoms. The van der Waals surface area contributed by atoms with Crippen molar-refractivity contribution in [3.8, 4) is 0 Å². The van der Waals surface area contributed by atoms with Gasteiger partial charge >= 0.3 is 0 Å². The molecule has 2 amide bonds. The number of carbonyl (C=O) groups is 2. The maximum absolute atomic E-state index is 12.9. The van der Waals surface area contributed by atoms with Crippen LogP contribution in [0.4, 0.5) is 0 Å². The normalized spacial score (nSPS) is 39.0. The van der Waals surface area contributed by atoms with Gasteiger partial charge < -0.3 is 14.5 Å². The summed E-state index contributed by atoms with van der Waals surface area (Å²) in [6.07, 6.45) is 3.87. The van der Waals surface area contributed by atoms with Gasteiger partial charge in [-0.3, -0.25) is 9.59 Å². The van der Waals surface area contributed by atoms with E-state index in [4.69, 9.17) is 4.74 Å². The van der Waals surface area contributed by atoms with Gasteiger partial charge in [-0.2, -0.15) is 0 Å². The average Bonchev–Trinajstić information content (AvgIpc) is 2.47. The van der Waals surface area contributed by atoms with Crippen molar-refractivity contribution in [1.82, 2.24) is 9.80 Å². The van der Waals surface area contributed by atoms with Gasteiger partial charge in [0, 0.05) is 25.1 Å². The molecule has 0 aromatic heterocycles. The number of ether oxygens (including phenoxy) is 1. The van der Waals surface area contributed by atoms with Crippen LogP contribution < -0.4 is 0 Å². The molecule has 0 bridgehead atoms. The fourth-order valence-corrected chi connectivity index (χ4v) is 4.33. The average molecular weight is 294 g/mol. The summed E-state index contributed by atoms with van der Waals surface area (Å²) in [6, 6.07) is -0.452. The standard InChI is InChI=1S/C16H26N2O3/c1-10-14(19)17-8-6-5-7-11(17)15(20)18(10)12-9-13(21-4)16(12,2)3/h10-13H,5-9H2,1-4H3. The first-order valence-electron chi connectivity index (χ1n) is 8.05. The predicted molar refractivity (Wildman–Crippen MR) is 78.6 cm³/mol. The fourth-order valence-electron chi connectivity index (χ4n) is 4.33. The highest BCUT2D eigenvalue weighted by molar-refractivity contribution is 5.97. The Balaban J connectivity index is 1.85. The largest absolute Gasteiger partial charge is 0.381 e.